The highest BCUT2D eigenvalue weighted by Crippen LogP contribution is 2.23. The smallest absolute Gasteiger partial charge is 0.251 e. The molecule has 0 radical (unpaired) electrons. The molecule has 0 saturated carbocycles. The average molecular weight is 407 g/mol. The Kier molecular flexibility index (Phi) is 7.28. The second-order valence-corrected chi connectivity index (χ2v) is 7.78. The van der Waals surface area contributed by atoms with E-state index in [4.69, 9.17) is 4.74 Å². The topological polar surface area (TPSA) is 58.6 Å². The van der Waals surface area contributed by atoms with Crippen LogP contribution in [0, 0.1) is 5.92 Å². The summed E-state index contributed by atoms with van der Waals surface area (Å²) in [7, 11) is 0. The summed E-state index contributed by atoms with van der Waals surface area (Å²) in [5, 5.41) is 2.93. The summed E-state index contributed by atoms with van der Waals surface area (Å²) < 4.78 is 5.42. The van der Waals surface area contributed by atoms with Gasteiger partial charge in [-0.15, -0.1) is 0 Å². The van der Waals surface area contributed by atoms with Crippen molar-refractivity contribution in [3.05, 3.63) is 71.8 Å². The van der Waals surface area contributed by atoms with Crippen LogP contribution in [0.4, 0.5) is 0 Å². The van der Waals surface area contributed by atoms with Gasteiger partial charge in [0.2, 0.25) is 5.91 Å². The average Bonchev–Trinajstić information content (AvgIpc) is 2.78. The predicted octanol–water partition coefficient (Wildman–Crippen LogP) is 4.16. The maximum atomic E-state index is 13.2. The molecule has 1 aliphatic rings. The first-order valence-electron chi connectivity index (χ1n) is 10.6. The molecule has 0 fully saturated rings. The zero-order valence-corrected chi connectivity index (χ0v) is 17.9. The van der Waals surface area contributed by atoms with Crippen molar-refractivity contribution in [1.29, 1.82) is 0 Å². The molecule has 1 aliphatic heterocycles. The summed E-state index contributed by atoms with van der Waals surface area (Å²) in [5.74, 6) is 0.429. The molecular weight excluding hydrogens is 376 g/mol. The van der Waals surface area contributed by atoms with Gasteiger partial charge in [-0.3, -0.25) is 9.59 Å². The fourth-order valence-electron chi connectivity index (χ4n) is 3.59. The fraction of sp³-hybridized carbons (Fsp3) is 0.360. The van der Waals surface area contributed by atoms with E-state index >= 15 is 0 Å². The summed E-state index contributed by atoms with van der Waals surface area (Å²) in [6.07, 6.45) is 2.93. The Morgan fingerprint density at radius 1 is 1.07 bits per heavy atom. The van der Waals surface area contributed by atoms with Crippen molar-refractivity contribution in [2.24, 2.45) is 5.92 Å². The summed E-state index contributed by atoms with van der Waals surface area (Å²) >= 11 is 0. The number of hydrogen-bond acceptors (Lipinski definition) is 3. The highest BCUT2D eigenvalue weighted by molar-refractivity contribution is 5.97. The van der Waals surface area contributed by atoms with Crippen LogP contribution in [-0.4, -0.2) is 42.5 Å². The molecule has 2 aromatic carbocycles. The van der Waals surface area contributed by atoms with E-state index in [1.54, 1.807) is 24.3 Å². The van der Waals surface area contributed by atoms with E-state index in [-0.39, 0.29) is 17.7 Å². The van der Waals surface area contributed by atoms with Crippen molar-refractivity contribution >= 4 is 17.4 Å². The number of benzene rings is 2. The molecule has 0 unspecified atom stereocenters. The van der Waals surface area contributed by atoms with Crippen molar-refractivity contribution < 1.29 is 14.3 Å². The lowest BCUT2D eigenvalue weighted by atomic mass is 9.97. The summed E-state index contributed by atoms with van der Waals surface area (Å²) in [5.41, 5.74) is 2.98. The molecule has 1 heterocycles. The molecule has 5 heteroatoms. The van der Waals surface area contributed by atoms with Crippen LogP contribution in [0.2, 0.25) is 0 Å². The lowest BCUT2D eigenvalue weighted by Crippen LogP contribution is -2.52. The van der Waals surface area contributed by atoms with Gasteiger partial charge in [0, 0.05) is 18.7 Å². The molecule has 0 bridgehead atoms. The summed E-state index contributed by atoms with van der Waals surface area (Å²) in [6.45, 7) is 7.61. The van der Waals surface area contributed by atoms with Crippen LogP contribution in [0.1, 0.15) is 43.1 Å². The van der Waals surface area contributed by atoms with Crippen molar-refractivity contribution in [2.45, 2.75) is 33.2 Å². The molecule has 3 rings (SSSR count). The van der Waals surface area contributed by atoms with E-state index in [0.29, 0.717) is 25.3 Å². The second kappa shape index (κ2) is 10.1. The van der Waals surface area contributed by atoms with Crippen molar-refractivity contribution in [3.8, 4) is 5.75 Å². The van der Waals surface area contributed by atoms with Gasteiger partial charge in [-0.25, -0.2) is 0 Å². The van der Waals surface area contributed by atoms with Crippen LogP contribution in [0.3, 0.4) is 0 Å². The van der Waals surface area contributed by atoms with Crippen LogP contribution in [-0.2, 0) is 4.79 Å². The van der Waals surface area contributed by atoms with Crippen molar-refractivity contribution in [2.75, 3.05) is 19.7 Å². The van der Waals surface area contributed by atoms with Crippen LogP contribution >= 0.6 is 0 Å². The number of carbonyl (C=O) groups is 2. The maximum absolute atomic E-state index is 13.2. The van der Waals surface area contributed by atoms with Gasteiger partial charge < -0.3 is 15.0 Å². The minimum atomic E-state index is -0.559. The summed E-state index contributed by atoms with van der Waals surface area (Å²) in [6, 6.07) is 16.7. The molecule has 1 atom stereocenters. The quantitative estimate of drug-likeness (QED) is 0.751. The lowest BCUT2D eigenvalue weighted by Gasteiger charge is -2.32. The van der Waals surface area contributed by atoms with Crippen LogP contribution in [0.15, 0.2) is 60.7 Å². The van der Waals surface area contributed by atoms with E-state index in [0.717, 1.165) is 12.2 Å². The normalized spacial score (nSPS) is 14.8. The van der Waals surface area contributed by atoms with Gasteiger partial charge in [0.05, 0.1) is 6.61 Å². The maximum Gasteiger partial charge on any atom is 0.251 e. The van der Waals surface area contributed by atoms with Crippen LogP contribution in [0.25, 0.3) is 5.57 Å². The number of amides is 2. The summed E-state index contributed by atoms with van der Waals surface area (Å²) in [4.78, 5) is 27.7. The first kappa shape index (κ1) is 21.6. The minimum absolute atomic E-state index is 0.0105. The number of hydrogen-bond donors (Lipinski definition) is 1. The number of rotatable bonds is 7. The van der Waals surface area contributed by atoms with E-state index < -0.39 is 6.04 Å². The number of nitrogens with one attached hydrogen (secondary N) is 1. The third kappa shape index (κ3) is 5.29. The van der Waals surface area contributed by atoms with Gasteiger partial charge in [-0.05, 0) is 54.7 Å². The van der Waals surface area contributed by atoms with Gasteiger partial charge in [0.25, 0.3) is 5.91 Å². The van der Waals surface area contributed by atoms with Gasteiger partial charge in [-0.2, -0.15) is 0 Å². The third-order valence-corrected chi connectivity index (χ3v) is 5.31. The molecule has 5 nitrogen and oxygen atoms in total. The molecular formula is C25H30N2O3. The first-order valence-corrected chi connectivity index (χ1v) is 10.6. The van der Waals surface area contributed by atoms with Crippen LogP contribution < -0.4 is 10.1 Å². The van der Waals surface area contributed by atoms with Crippen molar-refractivity contribution in [1.82, 2.24) is 10.2 Å². The predicted molar refractivity (Wildman–Crippen MR) is 119 cm³/mol. The second-order valence-electron chi connectivity index (χ2n) is 7.78. The third-order valence-electron chi connectivity index (χ3n) is 5.31. The van der Waals surface area contributed by atoms with E-state index in [1.165, 1.54) is 11.1 Å². The van der Waals surface area contributed by atoms with E-state index in [9.17, 15) is 9.59 Å². The first-order chi connectivity index (χ1) is 14.5. The van der Waals surface area contributed by atoms with E-state index in [1.807, 2.05) is 43.9 Å². The van der Waals surface area contributed by atoms with Gasteiger partial charge >= 0.3 is 0 Å². The number of ether oxygens (including phenoxy) is 1. The molecule has 1 N–H and O–H groups in total. The molecule has 0 spiro atoms. The zero-order valence-electron chi connectivity index (χ0n) is 17.9. The molecule has 0 aromatic heterocycles. The number of nitrogens with zero attached hydrogens (tertiary/aromatic N) is 1. The molecule has 0 aliphatic carbocycles. The SMILES string of the molecule is CCOc1ccc(C(=O)N[C@H](C(=O)N2CC=C(c3ccccc3)CC2)C(C)C)cc1. The molecule has 0 saturated heterocycles. The standard InChI is InChI=1S/C25H30N2O3/c1-4-30-22-12-10-21(11-13-22)24(28)26-23(18(2)3)25(29)27-16-14-20(15-17-27)19-8-6-5-7-9-19/h5-14,18,23H,4,15-17H2,1-3H3,(H,26,28)/t23-/m0/s1. The number of carbonyl (C=O) groups excluding carboxylic acids is 2. The van der Waals surface area contributed by atoms with Gasteiger partial charge in [-0.1, -0.05) is 50.3 Å². The van der Waals surface area contributed by atoms with Crippen LogP contribution in [0.5, 0.6) is 5.75 Å². The highest BCUT2D eigenvalue weighted by Gasteiger charge is 2.29. The fourth-order valence-corrected chi connectivity index (χ4v) is 3.59. The molecule has 2 amide bonds. The molecule has 2 aromatic rings. The van der Waals surface area contributed by atoms with E-state index in [2.05, 4.69) is 23.5 Å². The van der Waals surface area contributed by atoms with Crippen molar-refractivity contribution in [3.63, 3.8) is 0 Å². The lowest BCUT2D eigenvalue weighted by molar-refractivity contribution is -0.133. The Bertz CT molecular complexity index is 888. The molecule has 158 valence electrons. The highest BCUT2D eigenvalue weighted by atomic mass is 16.5. The monoisotopic (exact) mass is 406 g/mol. The van der Waals surface area contributed by atoms with Gasteiger partial charge in [0.15, 0.2) is 0 Å². The Morgan fingerprint density at radius 2 is 1.77 bits per heavy atom. The minimum Gasteiger partial charge on any atom is -0.494 e. The Hall–Kier alpha value is -3.08. The Labute approximate surface area is 178 Å². The zero-order chi connectivity index (χ0) is 21.5. The Morgan fingerprint density at radius 3 is 2.33 bits per heavy atom. The van der Waals surface area contributed by atoms with Gasteiger partial charge in [0.1, 0.15) is 11.8 Å². The molecule has 30 heavy (non-hydrogen) atoms. The Balaban J connectivity index is 1.65. The largest absolute Gasteiger partial charge is 0.494 e.